The summed E-state index contributed by atoms with van der Waals surface area (Å²) in [5.41, 5.74) is 0.637. The van der Waals surface area contributed by atoms with Gasteiger partial charge in [0, 0.05) is 10.0 Å². The van der Waals surface area contributed by atoms with Crippen molar-refractivity contribution in [3.05, 3.63) is 56.5 Å². The normalized spacial score (nSPS) is 10.1. The molecule has 0 bridgehead atoms. The fraction of sp³-hybridized carbons (Fsp3) is 0.118. The van der Waals surface area contributed by atoms with Gasteiger partial charge >= 0.3 is 6.03 Å². The van der Waals surface area contributed by atoms with Crippen molar-refractivity contribution in [1.82, 2.24) is 10.6 Å². The number of urea groups is 1. The number of anilines is 2. The number of carbonyl (C=O) groups excluding carboxylic acids is 3. The lowest BCUT2D eigenvalue weighted by Gasteiger charge is -2.10. The molecule has 0 aliphatic heterocycles. The first kappa shape index (κ1) is 22.1. The minimum atomic E-state index is -0.709. The molecule has 0 saturated carbocycles. The van der Waals surface area contributed by atoms with E-state index < -0.39 is 17.8 Å². The molecule has 148 valence electrons. The van der Waals surface area contributed by atoms with Crippen LogP contribution in [0.5, 0.6) is 0 Å². The molecule has 4 amide bonds. The molecule has 0 aliphatic rings. The first-order valence-corrected chi connectivity index (χ1v) is 9.27. The molecule has 2 aromatic rings. The highest BCUT2D eigenvalue weighted by molar-refractivity contribution is 6.36. The molecule has 0 heterocycles. The van der Waals surface area contributed by atoms with Crippen molar-refractivity contribution in [2.45, 2.75) is 0 Å². The van der Waals surface area contributed by atoms with Gasteiger partial charge in [0.1, 0.15) is 0 Å². The number of halogens is 4. The summed E-state index contributed by atoms with van der Waals surface area (Å²) in [6.07, 6.45) is 0. The maximum Gasteiger partial charge on any atom is 0.315 e. The molecule has 0 aliphatic carbocycles. The monoisotopic (exact) mass is 462 g/mol. The van der Waals surface area contributed by atoms with E-state index >= 15 is 0 Å². The number of carbonyl (C=O) groups is 3. The minimum Gasteiger partial charge on any atom is -0.329 e. The highest BCUT2D eigenvalue weighted by Gasteiger charge is 2.11. The Labute approximate surface area is 180 Å². The molecule has 0 aromatic heterocycles. The second-order valence-electron chi connectivity index (χ2n) is 5.38. The van der Waals surface area contributed by atoms with Crippen LogP contribution in [-0.2, 0) is 9.59 Å². The molecule has 11 heteroatoms. The number of hydrogen-bond donors (Lipinski definition) is 4. The Morgan fingerprint density at radius 3 is 1.46 bits per heavy atom. The standard InChI is InChI=1S/C17H14Cl4N4O3/c18-9-1-3-11(20)13(5-9)24-15(26)7-22-17(28)23-8-16(27)25-14-6-10(19)2-4-12(14)21/h1-6H,7-8H2,(H,24,26)(H,25,27)(H2,22,23,28). The largest absolute Gasteiger partial charge is 0.329 e. The summed E-state index contributed by atoms with van der Waals surface area (Å²) in [5, 5.41) is 11.1. The lowest BCUT2D eigenvalue weighted by Crippen LogP contribution is -2.43. The second kappa shape index (κ2) is 10.4. The molecule has 0 spiro atoms. The third-order valence-electron chi connectivity index (χ3n) is 3.22. The van der Waals surface area contributed by atoms with Crippen LogP contribution in [0, 0.1) is 0 Å². The van der Waals surface area contributed by atoms with E-state index in [2.05, 4.69) is 21.3 Å². The van der Waals surface area contributed by atoms with Crippen LogP contribution >= 0.6 is 46.4 Å². The molecule has 0 atom stereocenters. The molecule has 0 saturated heterocycles. The Morgan fingerprint density at radius 2 is 1.07 bits per heavy atom. The van der Waals surface area contributed by atoms with Crippen LogP contribution in [0.3, 0.4) is 0 Å². The summed E-state index contributed by atoms with van der Waals surface area (Å²) in [6, 6.07) is 8.47. The smallest absolute Gasteiger partial charge is 0.315 e. The number of benzene rings is 2. The van der Waals surface area contributed by atoms with E-state index in [0.29, 0.717) is 31.5 Å². The van der Waals surface area contributed by atoms with Crippen LogP contribution < -0.4 is 21.3 Å². The molecular formula is C17H14Cl4N4O3. The van der Waals surface area contributed by atoms with E-state index in [1.807, 2.05) is 0 Å². The van der Waals surface area contributed by atoms with Gasteiger partial charge in [0.25, 0.3) is 0 Å². The number of rotatable bonds is 6. The van der Waals surface area contributed by atoms with E-state index in [9.17, 15) is 14.4 Å². The molecule has 2 aromatic carbocycles. The maximum absolute atomic E-state index is 11.9. The first-order valence-electron chi connectivity index (χ1n) is 7.76. The van der Waals surface area contributed by atoms with Gasteiger partial charge < -0.3 is 21.3 Å². The summed E-state index contributed by atoms with van der Waals surface area (Å²) in [7, 11) is 0. The molecule has 0 fully saturated rings. The zero-order valence-electron chi connectivity index (χ0n) is 14.1. The Bertz CT molecular complexity index is 836. The zero-order valence-corrected chi connectivity index (χ0v) is 17.1. The molecule has 7 nitrogen and oxygen atoms in total. The molecule has 2 rings (SSSR count). The maximum atomic E-state index is 11.9. The second-order valence-corrected chi connectivity index (χ2v) is 7.07. The number of amides is 4. The highest BCUT2D eigenvalue weighted by atomic mass is 35.5. The van der Waals surface area contributed by atoms with Crippen molar-refractivity contribution >= 4 is 75.6 Å². The summed E-state index contributed by atoms with van der Waals surface area (Å²) in [4.78, 5) is 35.5. The lowest BCUT2D eigenvalue weighted by atomic mass is 10.3. The Hall–Kier alpha value is -2.19. The predicted molar refractivity (Wildman–Crippen MR) is 112 cm³/mol. The lowest BCUT2D eigenvalue weighted by molar-refractivity contribution is -0.115. The predicted octanol–water partition coefficient (Wildman–Crippen LogP) is 4.18. The average Bonchev–Trinajstić information content (AvgIpc) is 2.64. The Kier molecular flexibility index (Phi) is 8.19. The van der Waals surface area contributed by atoms with E-state index in [1.165, 1.54) is 24.3 Å². The SMILES string of the molecule is O=C(CNC(=O)NCC(=O)Nc1cc(Cl)ccc1Cl)Nc1cc(Cl)ccc1Cl. The van der Waals surface area contributed by atoms with Gasteiger partial charge in [-0.2, -0.15) is 0 Å². The third-order valence-corrected chi connectivity index (χ3v) is 4.35. The molecule has 0 radical (unpaired) electrons. The Morgan fingerprint density at radius 1 is 0.679 bits per heavy atom. The number of nitrogens with one attached hydrogen (secondary N) is 4. The van der Waals surface area contributed by atoms with Gasteiger partial charge in [0.05, 0.1) is 34.5 Å². The van der Waals surface area contributed by atoms with Crippen LogP contribution in [0.1, 0.15) is 0 Å². The topological polar surface area (TPSA) is 99.3 Å². The molecular weight excluding hydrogens is 450 g/mol. The van der Waals surface area contributed by atoms with Gasteiger partial charge in [-0.05, 0) is 36.4 Å². The van der Waals surface area contributed by atoms with Gasteiger partial charge in [-0.15, -0.1) is 0 Å². The highest BCUT2D eigenvalue weighted by Crippen LogP contribution is 2.26. The van der Waals surface area contributed by atoms with E-state index in [1.54, 1.807) is 12.1 Å². The Balaban J connectivity index is 1.74. The number of hydrogen-bond acceptors (Lipinski definition) is 3. The van der Waals surface area contributed by atoms with Crippen LogP contribution in [0.4, 0.5) is 16.2 Å². The van der Waals surface area contributed by atoms with Crippen LogP contribution in [0.25, 0.3) is 0 Å². The van der Waals surface area contributed by atoms with Crippen LogP contribution in [0.2, 0.25) is 20.1 Å². The van der Waals surface area contributed by atoms with E-state index in [4.69, 9.17) is 46.4 Å². The first-order chi connectivity index (χ1) is 13.2. The van der Waals surface area contributed by atoms with Crippen molar-refractivity contribution in [2.24, 2.45) is 0 Å². The van der Waals surface area contributed by atoms with Gasteiger partial charge in [0.2, 0.25) is 11.8 Å². The van der Waals surface area contributed by atoms with Crippen molar-refractivity contribution < 1.29 is 14.4 Å². The van der Waals surface area contributed by atoms with Gasteiger partial charge in [-0.1, -0.05) is 46.4 Å². The summed E-state index contributed by atoms with van der Waals surface area (Å²) in [5.74, 6) is -1.04. The van der Waals surface area contributed by atoms with Crippen LogP contribution in [-0.4, -0.2) is 30.9 Å². The minimum absolute atomic E-state index is 0.304. The molecule has 4 N–H and O–H groups in total. The van der Waals surface area contributed by atoms with Gasteiger partial charge in [-0.25, -0.2) is 4.79 Å². The third kappa shape index (κ3) is 7.09. The van der Waals surface area contributed by atoms with Gasteiger partial charge in [0.15, 0.2) is 0 Å². The fourth-order valence-electron chi connectivity index (χ4n) is 1.96. The van der Waals surface area contributed by atoms with Crippen molar-refractivity contribution in [3.63, 3.8) is 0 Å². The molecule has 28 heavy (non-hydrogen) atoms. The van der Waals surface area contributed by atoms with Crippen molar-refractivity contribution in [2.75, 3.05) is 23.7 Å². The van der Waals surface area contributed by atoms with E-state index in [0.717, 1.165) is 0 Å². The quantitative estimate of drug-likeness (QED) is 0.517. The van der Waals surface area contributed by atoms with Crippen LogP contribution in [0.15, 0.2) is 36.4 Å². The van der Waals surface area contributed by atoms with Crippen molar-refractivity contribution in [3.8, 4) is 0 Å². The zero-order chi connectivity index (χ0) is 20.7. The van der Waals surface area contributed by atoms with E-state index in [-0.39, 0.29) is 13.1 Å². The summed E-state index contributed by atoms with van der Waals surface area (Å²) < 4.78 is 0. The summed E-state index contributed by atoms with van der Waals surface area (Å²) >= 11 is 23.5. The van der Waals surface area contributed by atoms with Crippen molar-refractivity contribution in [1.29, 1.82) is 0 Å². The average molecular weight is 464 g/mol. The summed E-state index contributed by atoms with van der Waals surface area (Å²) in [6.45, 7) is -0.674. The molecule has 0 unspecified atom stereocenters. The van der Waals surface area contributed by atoms with Gasteiger partial charge in [-0.3, -0.25) is 9.59 Å². The fourth-order valence-corrected chi connectivity index (χ4v) is 2.63.